The summed E-state index contributed by atoms with van der Waals surface area (Å²) in [6.45, 7) is 19.7. The number of hydrogen-bond acceptors (Lipinski definition) is 11. The van der Waals surface area contributed by atoms with Crippen LogP contribution in [0.2, 0.25) is 0 Å². The molecule has 1 aromatic rings. The van der Waals surface area contributed by atoms with Crippen LogP contribution in [-0.2, 0) is 9.47 Å². The van der Waals surface area contributed by atoms with E-state index in [9.17, 15) is 9.59 Å². The predicted octanol–water partition coefficient (Wildman–Crippen LogP) is 3.21. The Bertz CT molecular complexity index is 782. The highest BCUT2D eigenvalue weighted by Crippen LogP contribution is 2.14. The van der Waals surface area contributed by atoms with E-state index in [2.05, 4.69) is 49.6 Å². The van der Waals surface area contributed by atoms with E-state index in [1.54, 1.807) is 41.5 Å². The first kappa shape index (κ1) is 32.9. The second-order valence-electron chi connectivity index (χ2n) is 10.4. The molecule has 0 radical (unpaired) electrons. The van der Waals surface area contributed by atoms with Crippen LogP contribution in [0.3, 0.4) is 0 Å². The largest absolute Gasteiger partial charge is 0.463 e. The summed E-state index contributed by atoms with van der Waals surface area (Å²) >= 11 is 0. The van der Waals surface area contributed by atoms with Crippen LogP contribution < -0.4 is 25.4 Å². The number of carbonyl (C=O) groups excluding carboxylic acids is 2. The van der Waals surface area contributed by atoms with Crippen LogP contribution in [0.15, 0.2) is 0 Å². The fraction of sp³-hybridized carbons (Fsp3) is 0.800. The fourth-order valence-corrected chi connectivity index (χ4v) is 2.89. The second-order valence-corrected chi connectivity index (χ2v) is 10.4. The molecule has 0 spiro atoms. The molecule has 13 nitrogen and oxygen atoms in total. The lowest BCUT2D eigenvalue weighted by atomic mass is 10.2. The van der Waals surface area contributed by atoms with Gasteiger partial charge in [0.1, 0.15) is 11.2 Å². The lowest BCUT2D eigenvalue weighted by Crippen LogP contribution is -2.33. The van der Waals surface area contributed by atoms with Crippen LogP contribution in [0.5, 0.6) is 12.0 Å². The van der Waals surface area contributed by atoms with Gasteiger partial charge in [0, 0.05) is 26.2 Å². The van der Waals surface area contributed by atoms with E-state index < -0.39 is 23.4 Å². The lowest BCUT2D eigenvalue weighted by Gasteiger charge is -2.19. The maximum atomic E-state index is 11.8. The topological polar surface area (TPSA) is 149 Å². The number of carbonyl (C=O) groups is 2. The summed E-state index contributed by atoms with van der Waals surface area (Å²) < 4.78 is 21.8. The van der Waals surface area contributed by atoms with E-state index >= 15 is 0 Å². The smallest absolute Gasteiger partial charge is 0.407 e. The molecule has 13 heteroatoms. The summed E-state index contributed by atoms with van der Waals surface area (Å²) in [7, 11) is 0. The van der Waals surface area contributed by atoms with E-state index in [0.29, 0.717) is 38.4 Å². The Hall–Kier alpha value is -3.09. The number of nitrogens with zero attached hydrogens (tertiary/aromatic N) is 4. The highest BCUT2D eigenvalue weighted by Gasteiger charge is 2.16. The third kappa shape index (κ3) is 16.6. The van der Waals surface area contributed by atoms with Crippen molar-refractivity contribution in [3.05, 3.63) is 0 Å². The summed E-state index contributed by atoms with van der Waals surface area (Å²) in [5.74, 6) is 0.343. The molecule has 0 saturated heterocycles. The van der Waals surface area contributed by atoms with Crippen molar-refractivity contribution in [2.45, 2.75) is 79.4 Å². The van der Waals surface area contributed by atoms with Gasteiger partial charge in [-0.1, -0.05) is 13.8 Å². The molecular weight excluding hydrogens is 494 g/mol. The highest BCUT2D eigenvalue weighted by atomic mass is 16.6. The molecule has 0 aliphatic rings. The van der Waals surface area contributed by atoms with E-state index in [1.807, 2.05) is 0 Å². The Kier molecular flexibility index (Phi) is 14.5. The Morgan fingerprint density at radius 3 is 1.58 bits per heavy atom. The van der Waals surface area contributed by atoms with Gasteiger partial charge in [0.15, 0.2) is 0 Å². The molecule has 1 aromatic heterocycles. The Labute approximate surface area is 226 Å². The predicted molar refractivity (Wildman–Crippen MR) is 145 cm³/mol. The highest BCUT2D eigenvalue weighted by molar-refractivity contribution is 5.67. The first-order chi connectivity index (χ1) is 17.8. The molecule has 0 fully saturated rings. The van der Waals surface area contributed by atoms with E-state index in [0.717, 1.165) is 19.6 Å². The van der Waals surface area contributed by atoms with Gasteiger partial charge in [-0.25, -0.2) is 9.59 Å². The molecule has 0 saturated carbocycles. The fourth-order valence-electron chi connectivity index (χ4n) is 2.89. The Balaban J connectivity index is 2.60. The molecule has 3 N–H and O–H groups in total. The molecule has 1 rings (SSSR count). The van der Waals surface area contributed by atoms with Gasteiger partial charge in [0.05, 0.1) is 13.2 Å². The van der Waals surface area contributed by atoms with Gasteiger partial charge in [-0.15, -0.1) is 4.98 Å². The third-order valence-corrected chi connectivity index (χ3v) is 4.64. The van der Waals surface area contributed by atoms with Crippen molar-refractivity contribution in [2.24, 2.45) is 0 Å². The molecule has 0 unspecified atom stereocenters. The van der Waals surface area contributed by atoms with Gasteiger partial charge < -0.3 is 39.8 Å². The zero-order valence-corrected chi connectivity index (χ0v) is 24.3. The molecule has 0 atom stereocenters. The van der Waals surface area contributed by atoms with Crippen LogP contribution in [0.4, 0.5) is 15.5 Å². The minimum Gasteiger partial charge on any atom is -0.463 e. The molecule has 0 bridgehead atoms. The summed E-state index contributed by atoms with van der Waals surface area (Å²) in [5, 5.41) is 8.56. The summed E-state index contributed by atoms with van der Waals surface area (Å²) in [4.78, 5) is 38.7. The van der Waals surface area contributed by atoms with Gasteiger partial charge >= 0.3 is 24.2 Å². The van der Waals surface area contributed by atoms with Crippen molar-refractivity contribution in [3.63, 3.8) is 0 Å². The van der Waals surface area contributed by atoms with Gasteiger partial charge in [-0.05, 0) is 67.5 Å². The number of ether oxygens (including phenoxy) is 4. The lowest BCUT2D eigenvalue weighted by molar-refractivity contribution is 0.0513. The third-order valence-electron chi connectivity index (χ3n) is 4.64. The number of anilines is 1. The quantitative estimate of drug-likeness (QED) is 0.265. The van der Waals surface area contributed by atoms with Crippen molar-refractivity contribution in [2.75, 3.05) is 57.8 Å². The first-order valence-corrected chi connectivity index (χ1v) is 13.2. The van der Waals surface area contributed by atoms with Crippen LogP contribution in [0.1, 0.15) is 68.2 Å². The Morgan fingerprint density at radius 2 is 1.18 bits per heavy atom. The van der Waals surface area contributed by atoms with Gasteiger partial charge in [-0.2, -0.15) is 9.97 Å². The number of rotatable bonds is 16. The molecule has 0 aliphatic heterocycles. The number of hydrogen-bond donors (Lipinski definition) is 3. The van der Waals surface area contributed by atoms with Crippen molar-refractivity contribution < 1.29 is 28.5 Å². The minimum atomic E-state index is -0.553. The molecule has 38 heavy (non-hydrogen) atoms. The number of amides is 2. The van der Waals surface area contributed by atoms with Crippen LogP contribution in [0, 0.1) is 0 Å². The number of likely N-dealkylation sites (N-methyl/N-ethyl adjacent to an activating group) is 1. The monoisotopic (exact) mass is 541 g/mol. The summed E-state index contributed by atoms with van der Waals surface area (Å²) in [5.41, 5.74) is -1.11. The number of aromatic nitrogens is 3. The van der Waals surface area contributed by atoms with Crippen LogP contribution in [-0.4, -0.2) is 95.7 Å². The molecule has 2 amide bonds. The van der Waals surface area contributed by atoms with Crippen LogP contribution in [0.25, 0.3) is 0 Å². The van der Waals surface area contributed by atoms with Crippen molar-refractivity contribution in [3.8, 4) is 12.0 Å². The van der Waals surface area contributed by atoms with Gasteiger partial charge in [0.2, 0.25) is 5.95 Å². The number of nitrogens with one attached hydrogen (secondary N) is 3. The average molecular weight is 542 g/mol. The van der Waals surface area contributed by atoms with E-state index in [1.165, 1.54) is 0 Å². The van der Waals surface area contributed by atoms with Crippen LogP contribution >= 0.6 is 0 Å². The maximum Gasteiger partial charge on any atom is 0.407 e. The van der Waals surface area contributed by atoms with Crippen molar-refractivity contribution >= 4 is 18.1 Å². The van der Waals surface area contributed by atoms with E-state index in [-0.39, 0.29) is 25.2 Å². The molecule has 0 aromatic carbocycles. The standard InChI is InChI=1S/C25H47N7O6/c1-9-32(10-2)16-15-26-19-29-20(35-17-11-13-27-22(33)37-24(3,4)5)31-21(30-19)36-18-12-14-28-23(34)38-25(6,7)8/h9-18H2,1-8H3,(H,27,33)(H,28,34)(H,26,29,30,31). The average Bonchev–Trinajstić information content (AvgIpc) is 2.79. The zero-order valence-electron chi connectivity index (χ0n) is 24.3. The van der Waals surface area contributed by atoms with Gasteiger partial charge in [0.25, 0.3) is 0 Å². The summed E-state index contributed by atoms with van der Waals surface area (Å²) in [6, 6.07) is 0.231. The number of alkyl carbamates (subject to hydrolysis) is 2. The zero-order chi connectivity index (χ0) is 28.6. The molecule has 1 heterocycles. The SMILES string of the molecule is CCN(CC)CCNc1nc(OCCCNC(=O)OC(C)(C)C)nc(OCCCNC(=O)OC(C)(C)C)n1. The first-order valence-electron chi connectivity index (χ1n) is 13.2. The normalized spacial score (nSPS) is 11.6. The maximum absolute atomic E-state index is 11.8. The van der Waals surface area contributed by atoms with Gasteiger partial charge in [-0.3, -0.25) is 0 Å². The van der Waals surface area contributed by atoms with Crippen molar-refractivity contribution in [1.82, 2.24) is 30.5 Å². The Morgan fingerprint density at radius 1 is 0.737 bits per heavy atom. The molecule has 0 aliphatic carbocycles. The second kappa shape index (κ2) is 16.7. The van der Waals surface area contributed by atoms with E-state index in [4.69, 9.17) is 18.9 Å². The van der Waals surface area contributed by atoms with Crippen molar-refractivity contribution in [1.29, 1.82) is 0 Å². The molecule has 218 valence electrons. The minimum absolute atomic E-state index is 0.115. The molecular formula is C25H47N7O6. The summed E-state index contributed by atoms with van der Waals surface area (Å²) in [6.07, 6.45) is 0.105.